The van der Waals surface area contributed by atoms with Gasteiger partial charge in [-0.1, -0.05) is 91.3 Å². The van der Waals surface area contributed by atoms with E-state index in [2.05, 4.69) is 42.2 Å². The number of nitrogens with zero attached hydrogens (tertiary/aromatic N) is 6. The Balaban J connectivity index is 0.960. The van der Waals surface area contributed by atoms with Crippen molar-refractivity contribution in [3.05, 3.63) is 94.0 Å². The Morgan fingerprint density at radius 1 is 0.577 bits per heavy atom. The van der Waals surface area contributed by atoms with Crippen LogP contribution in [0.3, 0.4) is 0 Å². The standard InChI is InChI=1S/C103H162N14O31S/c1-13-71(6)92(83(134-11)66-88(122)115-35-18-22-82(115)94(135-12)72(7)95(125)110-81(99-105-34-62-149-99)63-73-19-15-14-16-20-73)114(9)101(130)91(70(4)5)112-98(128)93-74-24-26-78(65-74)117(93)103(132)148-68-75-23-25-77(107-96(126)79(21-17-33-106-102(104)131)109-97(127)90(69(2)3)111-85(119)32-37-136-39-36-116-86(120)28-29-87(116)121)64-76(75)67-113(8)100(129)80(27-30-89(123)124)108-84(118)31-38-137-42-43-139-46-47-141-50-51-143-54-55-145-58-59-147-61-60-146-57-56-144-53-52-142-49-48-140-45-44-138-41-40-133-10/h14-16,19-20,23,25,28-29,34,62,64,69-72,74,78-83,90-94H,13,17-18,21-22,24,26-27,30-33,35-61,63,65-68H2,1-12H3,(H,107,126)(H,108,118)(H,109,127)(H,110,125)(H,111,119)(H,112,128)(H,123,124)(H3,104,106,131)/t71-,72+,74-,78+,79-,80+,81-,82-,83+,90-,91-,92-,93-,94+/m0/s1. The van der Waals surface area contributed by atoms with Gasteiger partial charge >= 0.3 is 18.1 Å². The number of primary amides is 1. The summed E-state index contributed by atoms with van der Waals surface area (Å²) in [5, 5.41) is 32.2. The first kappa shape index (κ1) is 125. The van der Waals surface area contributed by atoms with E-state index in [9.17, 15) is 57.8 Å². The molecule has 4 heterocycles. The first-order valence-electron chi connectivity index (χ1n) is 51.7. The van der Waals surface area contributed by atoms with E-state index >= 15 is 14.4 Å². The monoisotopic (exact) mass is 2120 g/mol. The maximum absolute atomic E-state index is 15.4. The number of carbonyl (C=O) groups is 14. The van der Waals surface area contributed by atoms with Gasteiger partial charge in [-0.2, -0.15) is 0 Å². The van der Waals surface area contributed by atoms with Crippen LogP contribution in [0.15, 0.2) is 72.3 Å². The SMILES string of the molecule is CC[C@H](C)[C@@H]([C@@H](CC(=O)N1CCC[C@H]1[C@H](OC)[C@@H](C)C(=O)N[C@@H](Cc1ccccc1)c1nccs1)OC)N(C)C(=O)[C@@H](NC(=O)[C@@H]1[C@H]2CC[C@H](C2)N1C(=O)OCc1ccc(NC(=O)[C@H](CCCNC(N)=O)NC(=O)[C@@H](NC(=O)CCOCCN2C(=O)C=CC2=O)C(C)C)cc1CN(C)C(=O)[C@@H](CCC(=O)O)NC(=O)CCOCCOCCOCCOCCOCCOCCOCCOCCOCCOCCOCCOC)C(C)C. The summed E-state index contributed by atoms with van der Waals surface area (Å²) in [6.07, 6.45) is 3.95. The Kier molecular flexibility index (Phi) is 59.5. The van der Waals surface area contributed by atoms with Gasteiger partial charge in [0.1, 0.15) is 41.8 Å². The molecule has 3 aliphatic heterocycles. The summed E-state index contributed by atoms with van der Waals surface area (Å²) >= 11 is 1.45. The number of likely N-dealkylation sites (tertiary alicyclic amines) is 2. The van der Waals surface area contributed by atoms with Crippen molar-refractivity contribution in [2.45, 2.75) is 218 Å². The van der Waals surface area contributed by atoms with Crippen LogP contribution in [0, 0.1) is 29.6 Å². The fraction of sp³-hybridized carbons (Fsp3) is 0.699. The summed E-state index contributed by atoms with van der Waals surface area (Å²) < 4.78 is 89.9. The molecule has 2 bridgehead atoms. The second-order valence-electron chi connectivity index (χ2n) is 37.6. The van der Waals surface area contributed by atoms with Gasteiger partial charge in [0.2, 0.25) is 53.2 Å². The molecule has 0 radical (unpaired) electrons. The zero-order valence-corrected chi connectivity index (χ0v) is 89.5. The third-order valence-corrected chi connectivity index (χ3v) is 27.0. The number of aliphatic carboxylic acids is 1. The van der Waals surface area contributed by atoms with E-state index in [-0.39, 0.29) is 145 Å². The number of hydrogen-bond donors (Lipinski definition) is 9. The molecule has 3 fully saturated rings. The molecule has 3 aromatic rings. The fourth-order valence-electron chi connectivity index (χ4n) is 18.0. The van der Waals surface area contributed by atoms with Gasteiger partial charge in [-0.3, -0.25) is 67.3 Å². The lowest BCUT2D eigenvalue weighted by molar-refractivity contribution is -0.148. The molecule has 46 heteroatoms. The zero-order chi connectivity index (χ0) is 108. The number of carboxylic acid groups (broad SMARTS) is 1. The molecule has 2 saturated heterocycles. The van der Waals surface area contributed by atoms with Gasteiger partial charge in [0.05, 0.1) is 214 Å². The van der Waals surface area contributed by atoms with Crippen LogP contribution >= 0.6 is 11.3 Å². The molecule has 836 valence electrons. The Morgan fingerprint density at radius 3 is 1.64 bits per heavy atom. The zero-order valence-electron chi connectivity index (χ0n) is 88.6. The number of likely N-dealkylation sites (N-methyl/N-ethyl adjacent to an activating group) is 2. The molecule has 149 heavy (non-hydrogen) atoms. The van der Waals surface area contributed by atoms with Crippen molar-refractivity contribution in [2.24, 2.45) is 35.3 Å². The van der Waals surface area contributed by atoms with Crippen molar-refractivity contribution in [2.75, 3.05) is 226 Å². The van der Waals surface area contributed by atoms with Gasteiger partial charge in [-0.25, -0.2) is 14.6 Å². The molecule has 14 atom stereocenters. The second-order valence-corrected chi connectivity index (χ2v) is 38.5. The summed E-state index contributed by atoms with van der Waals surface area (Å²) in [4.78, 5) is 205. The molecule has 0 spiro atoms. The molecule has 7 rings (SSSR count). The average molecular weight is 2120 g/mol. The molecule has 10 N–H and O–H groups in total. The largest absolute Gasteiger partial charge is 0.481 e. The first-order valence-corrected chi connectivity index (χ1v) is 52.6. The molecule has 14 amide bonds. The number of imide groups is 1. The maximum Gasteiger partial charge on any atom is 0.411 e. The van der Waals surface area contributed by atoms with Crippen molar-refractivity contribution >= 4 is 100 Å². The predicted octanol–water partition coefficient (Wildman–Crippen LogP) is 4.67. The predicted molar refractivity (Wildman–Crippen MR) is 546 cm³/mol. The van der Waals surface area contributed by atoms with Crippen LogP contribution in [-0.4, -0.2) is 398 Å². The minimum absolute atomic E-state index is 0.0149. The van der Waals surface area contributed by atoms with E-state index in [0.29, 0.717) is 170 Å². The van der Waals surface area contributed by atoms with E-state index < -0.39 is 169 Å². The van der Waals surface area contributed by atoms with Crippen LogP contribution in [0.25, 0.3) is 0 Å². The van der Waals surface area contributed by atoms with Crippen LogP contribution in [0.4, 0.5) is 15.3 Å². The maximum atomic E-state index is 15.4. The number of fused-ring (bicyclic) bond motifs is 2. The number of thiazole rings is 1. The van der Waals surface area contributed by atoms with Crippen LogP contribution < -0.4 is 43.0 Å². The Morgan fingerprint density at radius 2 is 1.13 bits per heavy atom. The number of carbonyl (C=O) groups excluding carboxylic acids is 13. The lowest BCUT2D eigenvalue weighted by atomic mass is 9.89. The summed E-state index contributed by atoms with van der Waals surface area (Å²) in [5.41, 5.74) is 7.02. The smallest absolute Gasteiger partial charge is 0.411 e. The van der Waals surface area contributed by atoms with E-state index in [4.69, 9.17) is 81.5 Å². The highest BCUT2D eigenvalue weighted by molar-refractivity contribution is 7.09. The quantitative estimate of drug-likeness (QED) is 0.0274. The van der Waals surface area contributed by atoms with E-state index in [1.807, 2.05) is 49.6 Å². The number of nitrogens with two attached hydrogens (primary N) is 1. The molecule has 1 aromatic heterocycles. The highest BCUT2D eigenvalue weighted by Gasteiger charge is 2.53. The summed E-state index contributed by atoms with van der Waals surface area (Å²) in [6, 6.07) is 5.20. The summed E-state index contributed by atoms with van der Waals surface area (Å²) in [7, 11) is 7.68. The minimum atomic E-state index is -1.40. The van der Waals surface area contributed by atoms with E-state index in [1.165, 1.54) is 60.6 Å². The van der Waals surface area contributed by atoms with Crippen LogP contribution in [0.5, 0.6) is 0 Å². The molecule has 4 aliphatic rings. The van der Waals surface area contributed by atoms with E-state index in [0.717, 1.165) is 27.6 Å². The lowest BCUT2D eigenvalue weighted by Crippen LogP contribution is -2.60. The third-order valence-electron chi connectivity index (χ3n) is 26.1. The number of piperidine rings is 1. The van der Waals surface area contributed by atoms with Gasteiger partial charge in [0.25, 0.3) is 11.8 Å². The Bertz CT molecular complexity index is 4550. The number of methoxy groups -OCH3 is 3. The minimum Gasteiger partial charge on any atom is -0.481 e. The van der Waals surface area contributed by atoms with Gasteiger partial charge < -0.3 is 139 Å². The molecular weight excluding hydrogens is 1960 g/mol. The number of hydrogen-bond acceptors (Lipinski definition) is 32. The van der Waals surface area contributed by atoms with Crippen LogP contribution in [-0.2, 0) is 153 Å². The molecule has 1 aliphatic carbocycles. The van der Waals surface area contributed by atoms with Gasteiger partial charge in [0, 0.05) is 110 Å². The number of aromatic nitrogens is 1. The Labute approximate surface area is 878 Å². The molecule has 45 nitrogen and oxygen atoms in total. The third kappa shape index (κ3) is 44.8. The highest BCUT2D eigenvalue weighted by atomic mass is 32.1. The van der Waals surface area contributed by atoms with Crippen molar-refractivity contribution in [1.29, 1.82) is 0 Å². The van der Waals surface area contributed by atoms with Crippen LogP contribution in [0.2, 0.25) is 0 Å². The topological polar surface area (TPSA) is 546 Å². The molecule has 2 aromatic carbocycles. The van der Waals surface area contributed by atoms with Gasteiger partial charge in [0.15, 0.2) is 0 Å². The second kappa shape index (κ2) is 70.7. The number of benzene rings is 2. The normalized spacial score (nSPS) is 17.4. The summed E-state index contributed by atoms with van der Waals surface area (Å²) in [5.74, 6) is -9.64. The molecule has 1 saturated carbocycles. The van der Waals surface area contributed by atoms with Gasteiger partial charge in [-0.15, -0.1) is 11.3 Å². The van der Waals surface area contributed by atoms with Crippen LogP contribution in [0.1, 0.15) is 160 Å². The number of ether oxygens (including phenoxy) is 16. The average Bonchev–Trinajstić information content (AvgIpc) is 1.61. The number of rotatable bonds is 80. The van der Waals surface area contributed by atoms with Crippen molar-refractivity contribution in [1.82, 2.24) is 61.4 Å². The number of anilines is 1. The number of amides is 14. The Hall–Kier alpha value is -10.4. The number of carboxylic acids is 1. The molecule has 0 unspecified atom stereocenters. The lowest BCUT2D eigenvalue weighted by Gasteiger charge is -2.41. The number of nitrogens with one attached hydrogen (secondary N) is 7. The van der Waals surface area contributed by atoms with Crippen molar-refractivity contribution in [3.8, 4) is 0 Å². The van der Waals surface area contributed by atoms with E-state index in [1.54, 1.807) is 64.8 Å². The van der Waals surface area contributed by atoms with Crippen molar-refractivity contribution in [3.63, 3.8) is 0 Å². The fourth-order valence-corrected chi connectivity index (χ4v) is 18.7. The summed E-state index contributed by atoms with van der Waals surface area (Å²) in [6.45, 7) is 20.5. The van der Waals surface area contributed by atoms with Crippen molar-refractivity contribution < 1.29 is 148 Å². The van der Waals surface area contributed by atoms with Gasteiger partial charge in [-0.05, 0) is 110 Å². The number of urea groups is 1. The molecular formula is C103H162N14O31S. The highest BCUT2D eigenvalue weighted by Crippen LogP contribution is 2.44. The first-order chi connectivity index (χ1) is 71.8.